The van der Waals surface area contributed by atoms with Crippen molar-refractivity contribution < 1.29 is 26.7 Å². The van der Waals surface area contributed by atoms with E-state index in [1.54, 1.807) is 4.57 Å². The summed E-state index contributed by atoms with van der Waals surface area (Å²) >= 11 is 0. The van der Waals surface area contributed by atoms with E-state index >= 15 is 0 Å². The van der Waals surface area contributed by atoms with E-state index in [9.17, 15) is 13.7 Å². The third-order valence-electron chi connectivity index (χ3n) is 22.7. The minimum Gasteiger partial charge on any atom is -0.456 e. The molecule has 0 fully saturated rings. The Bertz CT molecular complexity index is 7600. The quantitative estimate of drug-likeness (QED) is 0.142. The Labute approximate surface area is 653 Å². The van der Waals surface area contributed by atoms with Gasteiger partial charge in [0, 0.05) is 88.2 Å². The molecule has 109 heavy (non-hydrogen) atoms. The highest BCUT2D eigenvalue weighted by Gasteiger charge is 2.46. The maximum atomic E-state index is 9.90. The minimum absolute atomic E-state index is 0.0160. The Morgan fingerprint density at radius 2 is 0.817 bits per heavy atom. The van der Waals surface area contributed by atoms with Gasteiger partial charge in [-0.3, -0.25) is 0 Å². The molecule has 21 rings (SSSR count). The zero-order chi connectivity index (χ0) is 84.8. The highest BCUT2D eigenvalue weighted by molar-refractivity contribution is 7.00. The van der Waals surface area contributed by atoms with Crippen LogP contribution in [0.25, 0.3) is 143 Å². The fourth-order valence-corrected chi connectivity index (χ4v) is 17.3. The Hall–Kier alpha value is -12.8. The number of hydrogen-bond acceptors (Lipinski definition) is 4. The van der Waals surface area contributed by atoms with Gasteiger partial charge in [0.2, 0.25) is 0 Å². The third-order valence-corrected chi connectivity index (χ3v) is 22.7. The second kappa shape index (κ2) is 23.8. The number of hydrogen-bond donors (Lipinski definition) is 0. The van der Waals surface area contributed by atoms with E-state index < -0.39 is 78.6 Å². The van der Waals surface area contributed by atoms with Crippen LogP contribution in [0.1, 0.15) is 96.8 Å². The van der Waals surface area contributed by atoms with Crippen molar-refractivity contribution in [3.8, 4) is 55.9 Å². The van der Waals surface area contributed by atoms with Crippen molar-refractivity contribution in [3.63, 3.8) is 0 Å². The van der Waals surface area contributed by atoms with Gasteiger partial charge in [-0.1, -0.05) is 274 Å². The van der Waals surface area contributed by atoms with Gasteiger partial charge in [-0.15, -0.1) is 0 Å². The standard InChI is InChI=1S/C102H79BN4O2/c1-100(2,3)67-45-51-87-81(55-67)82-56-68(101(4,5)6)46-52-88(82)105(87)71-60-92-96-93(61-71)107(97-79(63-29-15-11-16-30-63)57-69(102(7,8)9)58-80(97)64-31-17-12-18-32-64)90-53-65(62-27-13-10-14-28-62)44-49-83(90)103(96)84-50-47-70(104-85-39-22-19-33-73(85)74-34-20-23-40-86(74)104)59-91(84)106(92)89-41-26-38-78-77-37-25-36-72(98(77)109-99(78)89)66-43-48-76-75-35-21-24-42-94(75)108-95(76)54-66/h10-61H,1-9H3/i10D,13D,14D,19D,20D,22D,23D,27D,28D,33D,34D,39D,40D. The molecule has 15 aromatic carbocycles. The smallest absolute Gasteiger partial charge is 0.252 e. The molecule has 0 bridgehead atoms. The van der Waals surface area contributed by atoms with Crippen LogP contribution in [0.4, 0.5) is 34.1 Å². The van der Waals surface area contributed by atoms with E-state index in [0.717, 1.165) is 138 Å². The summed E-state index contributed by atoms with van der Waals surface area (Å²) < 4.78 is 141. The predicted molar refractivity (Wildman–Crippen MR) is 462 cm³/mol. The van der Waals surface area contributed by atoms with Crippen molar-refractivity contribution in [2.45, 2.75) is 78.6 Å². The SMILES string of the molecule is [2H]c1c([2H])c([2H])c(-c2ccc3c(c2)N(c2c(-c4ccccc4)cc(C(C)(C)C)cc2-c2ccccc2)c2cc(-n4c5ccc(C(C)(C)C)cc5c5cc(C(C)(C)C)ccc54)cc4c2B3c2ccc(-n3c5c([2H])c([2H])c([2H])c([2H])c5c5c([2H])c([2H])c([2H])c([2H])c53)cc2N4c2cccc3c2oc2c(-c4ccc5c(c4)oc4ccccc45)cccc23)c([2H])c1[2H]. The number of para-hydroxylation sites is 5. The summed E-state index contributed by atoms with van der Waals surface area (Å²) in [7, 11) is 0. The molecule has 2 aliphatic heterocycles. The molecule has 2 aliphatic rings. The third kappa shape index (κ3) is 10.0. The van der Waals surface area contributed by atoms with E-state index in [2.05, 4.69) is 234 Å². The van der Waals surface area contributed by atoms with Crippen LogP contribution in [0.3, 0.4) is 0 Å². The Morgan fingerprint density at radius 1 is 0.294 bits per heavy atom. The number of fused-ring (bicyclic) bond motifs is 16. The lowest BCUT2D eigenvalue weighted by atomic mass is 9.33. The van der Waals surface area contributed by atoms with Crippen LogP contribution in [0.2, 0.25) is 0 Å². The summed E-state index contributed by atoms with van der Waals surface area (Å²) in [4.78, 5) is 4.60. The largest absolute Gasteiger partial charge is 0.456 e. The van der Waals surface area contributed by atoms with Gasteiger partial charge in [0.1, 0.15) is 16.7 Å². The molecule has 522 valence electrons. The van der Waals surface area contributed by atoms with Crippen LogP contribution in [0.5, 0.6) is 0 Å². The summed E-state index contributed by atoms with van der Waals surface area (Å²) in [5.74, 6) is 0. The predicted octanol–water partition coefficient (Wildman–Crippen LogP) is 26.3. The average molecular weight is 1420 g/mol. The zero-order valence-corrected chi connectivity index (χ0v) is 61.7. The van der Waals surface area contributed by atoms with Crippen LogP contribution in [0.15, 0.2) is 324 Å². The van der Waals surface area contributed by atoms with Gasteiger partial charge in [0.15, 0.2) is 5.58 Å². The second-order valence-electron chi connectivity index (χ2n) is 32.2. The zero-order valence-electron chi connectivity index (χ0n) is 74.7. The lowest BCUT2D eigenvalue weighted by molar-refractivity contribution is 0.590. The van der Waals surface area contributed by atoms with E-state index in [1.165, 1.54) is 0 Å². The van der Waals surface area contributed by atoms with E-state index in [0.29, 0.717) is 45.2 Å². The van der Waals surface area contributed by atoms with Gasteiger partial charge in [-0.2, -0.15) is 0 Å². The first-order chi connectivity index (χ1) is 58.4. The second-order valence-corrected chi connectivity index (χ2v) is 32.2. The molecule has 6 nitrogen and oxygen atoms in total. The Balaban J connectivity index is 0.965. The highest BCUT2D eigenvalue weighted by atomic mass is 16.3. The van der Waals surface area contributed by atoms with Crippen LogP contribution in [-0.4, -0.2) is 15.8 Å². The molecule has 0 unspecified atom stereocenters. The summed E-state index contributed by atoms with van der Waals surface area (Å²) in [6.07, 6.45) is 0. The lowest BCUT2D eigenvalue weighted by Crippen LogP contribution is -2.61. The molecular formula is C102H79BN4O2. The number of anilines is 6. The Morgan fingerprint density at radius 3 is 1.46 bits per heavy atom. The summed E-state index contributed by atoms with van der Waals surface area (Å²) in [5, 5.41) is 5.56. The molecular weight excluding hydrogens is 1320 g/mol. The first-order valence-corrected chi connectivity index (χ1v) is 37.3. The number of nitrogens with zero attached hydrogens (tertiary/aromatic N) is 4. The summed E-state index contributed by atoms with van der Waals surface area (Å²) in [6, 6.07) is 75.6. The fraction of sp³-hybridized carbons (Fsp3) is 0.118. The molecule has 0 amide bonds. The normalized spacial score (nSPS) is 14.8. The fourth-order valence-electron chi connectivity index (χ4n) is 17.3. The van der Waals surface area contributed by atoms with E-state index in [4.69, 9.17) is 12.9 Å². The Kier molecular flexibility index (Phi) is 11.4. The van der Waals surface area contributed by atoms with Crippen LogP contribution >= 0.6 is 0 Å². The maximum Gasteiger partial charge on any atom is 0.252 e. The molecule has 6 heterocycles. The number of benzene rings is 15. The van der Waals surface area contributed by atoms with Crippen LogP contribution in [0, 0.1) is 0 Å². The van der Waals surface area contributed by atoms with Crippen molar-refractivity contribution in [2.75, 3.05) is 9.80 Å². The van der Waals surface area contributed by atoms with Gasteiger partial charge in [0.05, 0.1) is 56.9 Å². The first kappa shape index (κ1) is 52.2. The van der Waals surface area contributed by atoms with Crippen LogP contribution in [-0.2, 0) is 16.2 Å². The molecule has 0 saturated carbocycles. The molecule has 7 heteroatoms. The monoisotopic (exact) mass is 1420 g/mol. The van der Waals surface area contributed by atoms with E-state index in [-0.39, 0.29) is 50.3 Å². The number of rotatable bonds is 8. The summed E-state index contributed by atoms with van der Waals surface area (Å²) in [5.41, 5.74) is 19.9. The van der Waals surface area contributed by atoms with Crippen molar-refractivity contribution in [2.24, 2.45) is 0 Å². The van der Waals surface area contributed by atoms with Gasteiger partial charge in [-0.05, 0) is 180 Å². The molecule has 0 atom stereocenters. The van der Waals surface area contributed by atoms with Gasteiger partial charge in [0.25, 0.3) is 6.71 Å². The molecule has 4 aromatic heterocycles. The van der Waals surface area contributed by atoms with Crippen molar-refractivity contribution in [1.29, 1.82) is 0 Å². The molecule has 0 spiro atoms. The van der Waals surface area contributed by atoms with Gasteiger partial charge >= 0.3 is 0 Å². The number of aromatic nitrogens is 2. The van der Waals surface area contributed by atoms with Crippen molar-refractivity contribution in [3.05, 3.63) is 332 Å². The maximum absolute atomic E-state index is 9.90. The van der Waals surface area contributed by atoms with Crippen molar-refractivity contribution in [1.82, 2.24) is 9.13 Å². The molecule has 0 radical (unpaired) electrons. The van der Waals surface area contributed by atoms with Crippen molar-refractivity contribution >= 4 is 145 Å². The van der Waals surface area contributed by atoms with Crippen LogP contribution < -0.4 is 26.2 Å². The molecule has 0 N–H and O–H groups in total. The average Bonchev–Trinajstić information content (AvgIpc) is 1.20. The topological polar surface area (TPSA) is 42.6 Å². The van der Waals surface area contributed by atoms with Gasteiger partial charge < -0.3 is 27.8 Å². The first-order valence-electron chi connectivity index (χ1n) is 43.8. The van der Waals surface area contributed by atoms with E-state index in [1.807, 2.05) is 78.9 Å². The number of furan rings is 2. The molecule has 0 aliphatic carbocycles. The molecule has 19 aromatic rings. The molecule has 0 saturated heterocycles. The summed E-state index contributed by atoms with van der Waals surface area (Å²) in [6.45, 7) is 19.3. The lowest BCUT2D eigenvalue weighted by Gasteiger charge is -2.45. The minimum atomic E-state index is -0.756. The highest BCUT2D eigenvalue weighted by Crippen LogP contribution is 2.55. The van der Waals surface area contributed by atoms with Gasteiger partial charge in [-0.25, -0.2) is 0 Å².